The molecule has 0 atom stereocenters. The number of rotatable bonds is 3. The molecule has 0 unspecified atom stereocenters. The van der Waals surface area contributed by atoms with Gasteiger partial charge in [0.15, 0.2) is 5.75 Å². The van der Waals surface area contributed by atoms with Gasteiger partial charge in [0.1, 0.15) is 18.6 Å². The molecule has 0 radical (unpaired) electrons. The zero-order chi connectivity index (χ0) is 14.7. The Morgan fingerprint density at radius 2 is 2.15 bits per heavy atom. The highest BCUT2D eigenvalue weighted by Gasteiger charge is 2.18. The second kappa shape index (κ2) is 6.83. The largest absolute Gasteiger partial charge is 0.492 e. The molecule has 1 aliphatic heterocycles. The van der Waals surface area contributed by atoms with Gasteiger partial charge in [-0.2, -0.15) is 0 Å². The molecule has 1 heterocycles. The lowest BCUT2D eigenvalue weighted by atomic mass is 10.3. The molecule has 0 amide bonds. The van der Waals surface area contributed by atoms with Crippen LogP contribution in [0.25, 0.3) is 0 Å². The highest BCUT2D eigenvalue weighted by atomic mass is 79.9. The standard InChI is InChI=1S/C14H18Br2N2O2/c1-9(2)18-3-4-19-11(7-18)8-20-13-6-10(15)5-12(16)14(13)17/h5-6,8-9H,3-4,7,17H2,1-2H3. The van der Waals surface area contributed by atoms with Gasteiger partial charge in [-0.05, 0) is 41.9 Å². The van der Waals surface area contributed by atoms with Crippen molar-refractivity contribution in [3.63, 3.8) is 0 Å². The second-order valence-corrected chi connectivity index (χ2v) is 6.68. The van der Waals surface area contributed by atoms with Crippen molar-refractivity contribution in [1.29, 1.82) is 0 Å². The van der Waals surface area contributed by atoms with Crippen molar-refractivity contribution in [3.05, 3.63) is 33.1 Å². The van der Waals surface area contributed by atoms with E-state index in [4.69, 9.17) is 15.2 Å². The number of nitrogens with two attached hydrogens (primary N) is 1. The summed E-state index contributed by atoms with van der Waals surface area (Å²) in [4.78, 5) is 2.33. The Labute approximate surface area is 136 Å². The monoisotopic (exact) mass is 404 g/mol. The lowest BCUT2D eigenvalue weighted by Gasteiger charge is -2.31. The summed E-state index contributed by atoms with van der Waals surface area (Å²) in [7, 11) is 0. The first-order chi connectivity index (χ1) is 9.47. The van der Waals surface area contributed by atoms with Gasteiger partial charge >= 0.3 is 0 Å². The normalized spacial score (nSPS) is 18.4. The summed E-state index contributed by atoms with van der Waals surface area (Å²) in [6, 6.07) is 4.21. The maximum absolute atomic E-state index is 5.97. The molecule has 1 aromatic carbocycles. The van der Waals surface area contributed by atoms with Crippen molar-refractivity contribution in [1.82, 2.24) is 4.90 Å². The van der Waals surface area contributed by atoms with Crippen LogP contribution in [0.5, 0.6) is 5.75 Å². The summed E-state index contributed by atoms with van der Waals surface area (Å²) in [5, 5.41) is 0. The minimum Gasteiger partial charge on any atom is -0.492 e. The van der Waals surface area contributed by atoms with Crippen molar-refractivity contribution < 1.29 is 9.47 Å². The van der Waals surface area contributed by atoms with Crippen LogP contribution in [0.4, 0.5) is 5.69 Å². The first-order valence-corrected chi connectivity index (χ1v) is 8.03. The smallest absolute Gasteiger partial charge is 0.151 e. The molecule has 20 heavy (non-hydrogen) atoms. The van der Waals surface area contributed by atoms with Gasteiger partial charge in [-0.15, -0.1) is 0 Å². The molecule has 0 aliphatic carbocycles. The zero-order valence-corrected chi connectivity index (χ0v) is 14.7. The van der Waals surface area contributed by atoms with Crippen LogP contribution in [0.2, 0.25) is 0 Å². The molecule has 1 saturated heterocycles. The van der Waals surface area contributed by atoms with Gasteiger partial charge in [0.05, 0.1) is 12.2 Å². The first kappa shape index (κ1) is 15.7. The molecule has 1 fully saturated rings. The second-order valence-electron chi connectivity index (χ2n) is 4.91. The van der Waals surface area contributed by atoms with Crippen molar-refractivity contribution in [2.75, 3.05) is 25.4 Å². The zero-order valence-electron chi connectivity index (χ0n) is 11.5. The van der Waals surface area contributed by atoms with Crippen molar-refractivity contribution >= 4 is 37.5 Å². The Balaban J connectivity index is 2.09. The maximum atomic E-state index is 5.97. The number of halogens is 2. The lowest BCUT2D eigenvalue weighted by Crippen LogP contribution is -2.39. The minimum absolute atomic E-state index is 0.493. The van der Waals surface area contributed by atoms with E-state index in [-0.39, 0.29) is 0 Å². The van der Waals surface area contributed by atoms with E-state index in [0.29, 0.717) is 24.1 Å². The van der Waals surface area contributed by atoms with E-state index < -0.39 is 0 Å². The molecule has 110 valence electrons. The number of morpholine rings is 1. The van der Waals surface area contributed by atoms with Gasteiger partial charge in [-0.3, -0.25) is 4.90 Å². The molecule has 0 spiro atoms. The van der Waals surface area contributed by atoms with E-state index in [9.17, 15) is 0 Å². The Morgan fingerprint density at radius 1 is 1.40 bits per heavy atom. The highest BCUT2D eigenvalue weighted by Crippen LogP contribution is 2.34. The van der Waals surface area contributed by atoms with Gasteiger partial charge in [-0.1, -0.05) is 15.9 Å². The Morgan fingerprint density at radius 3 is 2.85 bits per heavy atom. The first-order valence-electron chi connectivity index (χ1n) is 6.44. The van der Waals surface area contributed by atoms with Crippen LogP contribution in [0.3, 0.4) is 0 Å². The summed E-state index contributed by atoms with van der Waals surface area (Å²) < 4.78 is 13.0. The molecule has 0 bridgehead atoms. The van der Waals surface area contributed by atoms with Crippen molar-refractivity contribution in [3.8, 4) is 5.75 Å². The topological polar surface area (TPSA) is 47.7 Å². The van der Waals surface area contributed by atoms with Gasteiger partial charge in [0, 0.05) is 21.5 Å². The fraction of sp³-hybridized carbons (Fsp3) is 0.429. The lowest BCUT2D eigenvalue weighted by molar-refractivity contribution is 0.0710. The van der Waals surface area contributed by atoms with Crippen LogP contribution in [0.15, 0.2) is 33.1 Å². The number of hydrogen-bond donors (Lipinski definition) is 1. The third kappa shape index (κ3) is 3.90. The SMILES string of the molecule is CC(C)N1CCOC(=COc2cc(Br)cc(Br)c2N)C1. The molecular weight excluding hydrogens is 388 g/mol. The van der Waals surface area contributed by atoms with Crippen LogP contribution >= 0.6 is 31.9 Å². The highest BCUT2D eigenvalue weighted by molar-refractivity contribution is 9.11. The number of hydrogen-bond acceptors (Lipinski definition) is 4. The molecule has 0 aromatic heterocycles. The Bertz CT molecular complexity index is 518. The quantitative estimate of drug-likeness (QED) is 0.614. The van der Waals surface area contributed by atoms with E-state index in [1.165, 1.54) is 0 Å². The molecule has 1 aromatic rings. The number of benzene rings is 1. The van der Waals surface area contributed by atoms with Gasteiger partial charge in [-0.25, -0.2) is 0 Å². The van der Waals surface area contributed by atoms with Crippen LogP contribution in [-0.4, -0.2) is 30.6 Å². The van der Waals surface area contributed by atoms with Gasteiger partial charge < -0.3 is 15.2 Å². The molecule has 1 aliphatic rings. The molecular formula is C14H18Br2N2O2. The predicted octanol–water partition coefficient (Wildman–Crippen LogP) is 3.75. The maximum Gasteiger partial charge on any atom is 0.151 e. The number of nitrogen functional groups attached to an aromatic ring is 1. The predicted molar refractivity (Wildman–Crippen MR) is 87.6 cm³/mol. The molecule has 6 heteroatoms. The van der Waals surface area contributed by atoms with Gasteiger partial charge in [0.25, 0.3) is 0 Å². The van der Waals surface area contributed by atoms with Crippen LogP contribution in [-0.2, 0) is 4.74 Å². The number of nitrogens with zero attached hydrogens (tertiary/aromatic N) is 1. The van der Waals surface area contributed by atoms with Gasteiger partial charge in [0.2, 0.25) is 0 Å². The molecule has 4 nitrogen and oxygen atoms in total. The van der Waals surface area contributed by atoms with E-state index in [0.717, 1.165) is 27.8 Å². The fourth-order valence-corrected chi connectivity index (χ4v) is 3.10. The number of ether oxygens (including phenoxy) is 2. The van der Waals surface area contributed by atoms with Crippen LogP contribution in [0, 0.1) is 0 Å². The average molecular weight is 406 g/mol. The summed E-state index contributed by atoms with van der Waals surface area (Å²) >= 11 is 6.81. The third-order valence-electron chi connectivity index (χ3n) is 3.13. The fourth-order valence-electron chi connectivity index (χ4n) is 1.92. The van der Waals surface area contributed by atoms with Crippen molar-refractivity contribution in [2.45, 2.75) is 19.9 Å². The van der Waals surface area contributed by atoms with Crippen LogP contribution < -0.4 is 10.5 Å². The molecule has 0 saturated carbocycles. The van der Waals surface area contributed by atoms with E-state index in [1.807, 2.05) is 12.1 Å². The van der Waals surface area contributed by atoms with E-state index in [2.05, 4.69) is 50.6 Å². The summed E-state index contributed by atoms with van der Waals surface area (Å²) in [5.41, 5.74) is 6.54. The Hall–Kier alpha value is -0.720. The third-order valence-corrected chi connectivity index (χ3v) is 4.24. The van der Waals surface area contributed by atoms with Crippen molar-refractivity contribution in [2.24, 2.45) is 0 Å². The molecule has 2 rings (SSSR count). The van der Waals surface area contributed by atoms with E-state index >= 15 is 0 Å². The Kier molecular flexibility index (Phi) is 5.35. The summed E-state index contributed by atoms with van der Waals surface area (Å²) in [6.07, 6.45) is 1.64. The average Bonchev–Trinajstić information content (AvgIpc) is 2.41. The van der Waals surface area contributed by atoms with Crippen LogP contribution in [0.1, 0.15) is 13.8 Å². The summed E-state index contributed by atoms with van der Waals surface area (Å²) in [5.74, 6) is 1.42. The molecule has 2 N–H and O–H groups in total. The summed E-state index contributed by atoms with van der Waals surface area (Å²) in [6.45, 7) is 6.73. The minimum atomic E-state index is 0.493. The van der Waals surface area contributed by atoms with E-state index in [1.54, 1.807) is 6.26 Å². The number of anilines is 1.